The molecule has 2 fully saturated rings. The van der Waals surface area contributed by atoms with Gasteiger partial charge in [-0.25, -0.2) is 0 Å². The van der Waals surface area contributed by atoms with Crippen LogP contribution in [0.2, 0.25) is 0 Å². The standard InChI is InChI=1S/C16H27N3O3/c1-12(2)17-14(20)16(22)19-10-8-18(9-11-19)15(21)13-6-4-3-5-7-13/h12-13H,3-11H2,1-2H3,(H,17,20). The van der Waals surface area contributed by atoms with E-state index in [4.69, 9.17) is 0 Å². The lowest BCUT2D eigenvalue weighted by Gasteiger charge is -2.36. The highest BCUT2D eigenvalue weighted by Gasteiger charge is 2.31. The number of hydrogen-bond donors (Lipinski definition) is 1. The summed E-state index contributed by atoms with van der Waals surface area (Å²) in [6, 6.07) is -0.0504. The van der Waals surface area contributed by atoms with E-state index in [2.05, 4.69) is 5.32 Å². The third-order valence-electron chi connectivity index (χ3n) is 4.45. The van der Waals surface area contributed by atoms with E-state index in [-0.39, 0.29) is 17.9 Å². The summed E-state index contributed by atoms with van der Waals surface area (Å²) in [5.41, 5.74) is 0. The summed E-state index contributed by atoms with van der Waals surface area (Å²) in [5, 5.41) is 2.61. The van der Waals surface area contributed by atoms with Crippen molar-refractivity contribution in [3.05, 3.63) is 0 Å². The smallest absolute Gasteiger partial charge is 0.312 e. The van der Waals surface area contributed by atoms with Gasteiger partial charge >= 0.3 is 11.8 Å². The van der Waals surface area contributed by atoms with Gasteiger partial charge in [0, 0.05) is 38.1 Å². The van der Waals surface area contributed by atoms with Crippen molar-refractivity contribution in [2.45, 2.75) is 52.0 Å². The monoisotopic (exact) mass is 309 g/mol. The van der Waals surface area contributed by atoms with Crippen LogP contribution in [0.25, 0.3) is 0 Å². The SMILES string of the molecule is CC(C)NC(=O)C(=O)N1CCN(C(=O)C2CCCCC2)CC1. The van der Waals surface area contributed by atoms with Gasteiger partial charge in [-0.3, -0.25) is 14.4 Å². The third-order valence-corrected chi connectivity index (χ3v) is 4.45. The van der Waals surface area contributed by atoms with E-state index in [1.807, 2.05) is 18.7 Å². The van der Waals surface area contributed by atoms with Crippen molar-refractivity contribution in [2.24, 2.45) is 5.92 Å². The van der Waals surface area contributed by atoms with Crippen molar-refractivity contribution in [3.63, 3.8) is 0 Å². The molecule has 0 bridgehead atoms. The topological polar surface area (TPSA) is 69.7 Å². The summed E-state index contributed by atoms with van der Waals surface area (Å²) in [4.78, 5) is 39.6. The minimum absolute atomic E-state index is 0.0504. The molecule has 0 spiro atoms. The third kappa shape index (κ3) is 4.21. The lowest BCUT2D eigenvalue weighted by Crippen LogP contribution is -2.55. The molecule has 1 saturated carbocycles. The molecule has 2 rings (SSSR count). The number of carbonyl (C=O) groups excluding carboxylic acids is 3. The Morgan fingerprint density at radius 3 is 2.00 bits per heavy atom. The van der Waals surface area contributed by atoms with Gasteiger partial charge in [-0.05, 0) is 26.7 Å². The zero-order valence-corrected chi connectivity index (χ0v) is 13.6. The maximum atomic E-state index is 12.5. The first-order valence-corrected chi connectivity index (χ1v) is 8.37. The average molecular weight is 309 g/mol. The fraction of sp³-hybridized carbons (Fsp3) is 0.812. The molecule has 1 heterocycles. The highest BCUT2D eigenvalue weighted by atomic mass is 16.2. The number of carbonyl (C=O) groups is 3. The highest BCUT2D eigenvalue weighted by Crippen LogP contribution is 2.25. The molecule has 0 unspecified atom stereocenters. The molecule has 0 aromatic carbocycles. The summed E-state index contributed by atoms with van der Waals surface area (Å²) in [6.45, 7) is 5.62. The number of nitrogens with one attached hydrogen (secondary N) is 1. The van der Waals surface area contributed by atoms with Crippen LogP contribution >= 0.6 is 0 Å². The van der Waals surface area contributed by atoms with Crippen LogP contribution in [0.15, 0.2) is 0 Å². The predicted molar refractivity (Wildman–Crippen MR) is 83.0 cm³/mol. The van der Waals surface area contributed by atoms with Crippen molar-refractivity contribution < 1.29 is 14.4 Å². The van der Waals surface area contributed by atoms with Crippen molar-refractivity contribution in [2.75, 3.05) is 26.2 Å². The minimum Gasteiger partial charge on any atom is -0.346 e. The van der Waals surface area contributed by atoms with Crippen molar-refractivity contribution in [1.82, 2.24) is 15.1 Å². The van der Waals surface area contributed by atoms with Crippen LogP contribution in [-0.4, -0.2) is 59.7 Å². The Balaban J connectivity index is 1.81. The second-order valence-corrected chi connectivity index (χ2v) is 6.58. The van der Waals surface area contributed by atoms with E-state index in [1.165, 1.54) is 6.42 Å². The lowest BCUT2D eigenvalue weighted by molar-refractivity contribution is -0.149. The Morgan fingerprint density at radius 2 is 1.45 bits per heavy atom. The predicted octanol–water partition coefficient (Wildman–Crippen LogP) is 0.762. The fourth-order valence-corrected chi connectivity index (χ4v) is 3.21. The van der Waals surface area contributed by atoms with Crippen molar-refractivity contribution in [1.29, 1.82) is 0 Å². The first kappa shape index (κ1) is 16.8. The average Bonchev–Trinajstić information content (AvgIpc) is 2.54. The second-order valence-electron chi connectivity index (χ2n) is 6.58. The summed E-state index contributed by atoms with van der Waals surface area (Å²) < 4.78 is 0. The number of nitrogens with zero attached hydrogens (tertiary/aromatic N) is 2. The van der Waals surface area contributed by atoms with Gasteiger partial charge in [0.25, 0.3) is 0 Å². The number of piperazine rings is 1. The number of amides is 3. The molecule has 1 N–H and O–H groups in total. The number of rotatable bonds is 2. The lowest BCUT2D eigenvalue weighted by atomic mass is 9.88. The molecule has 0 aromatic heterocycles. The van der Waals surface area contributed by atoms with Crippen LogP contribution in [0.3, 0.4) is 0 Å². The first-order valence-electron chi connectivity index (χ1n) is 8.37. The maximum Gasteiger partial charge on any atom is 0.312 e. The van der Waals surface area contributed by atoms with Crippen LogP contribution < -0.4 is 5.32 Å². The largest absolute Gasteiger partial charge is 0.346 e. The van der Waals surface area contributed by atoms with Gasteiger partial charge in [0.2, 0.25) is 5.91 Å². The highest BCUT2D eigenvalue weighted by molar-refractivity contribution is 6.35. The summed E-state index contributed by atoms with van der Waals surface area (Å²) >= 11 is 0. The van der Waals surface area contributed by atoms with Crippen LogP contribution in [0.5, 0.6) is 0 Å². The van der Waals surface area contributed by atoms with E-state index in [9.17, 15) is 14.4 Å². The molecule has 124 valence electrons. The Kier molecular flexibility index (Phi) is 5.80. The first-order chi connectivity index (χ1) is 10.5. The molecule has 6 heteroatoms. The van der Waals surface area contributed by atoms with E-state index < -0.39 is 11.8 Å². The number of hydrogen-bond acceptors (Lipinski definition) is 3. The second kappa shape index (κ2) is 7.61. The van der Waals surface area contributed by atoms with E-state index in [0.717, 1.165) is 25.7 Å². The Morgan fingerprint density at radius 1 is 0.909 bits per heavy atom. The van der Waals surface area contributed by atoms with Gasteiger partial charge in [0.1, 0.15) is 0 Å². The van der Waals surface area contributed by atoms with Crippen LogP contribution in [0.1, 0.15) is 46.0 Å². The quantitative estimate of drug-likeness (QED) is 0.766. The molecule has 6 nitrogen and oxygen atoms in total. The molecular weight excluding hydrogens is 282 g/mol. The molecule has 2 aliphatic rings. The normalized spacial score (nSPS) is 20.1. The molecule has 0 atom stereocenters. The zero-order chi connectivity index (χ0) is 16.1. The zero-order valence-electron chi connectivity index (χ0n) is 13.6. The minimum atomic E-state index is -0.554. The van der Waals surface area contributed by atoms with Crippen LogP contribution in [0, 0.1) is 5.92 Å². The maximum absolute atomic E-state index is 12.5. The summed E-state index contributed by atoms with van der Waals surface area (Å²) in [5.74, 6) is -0.640. The van der Waals surface area contributed by atoms with Gasteiger partial charge in [-0.2, -0.15) is 0 Å². The molecule has 22 heavy (non-hydrogen) atoms. The molecule has 1 saturated heterocycles. The Labute approximate surface area is 132 Å². The van der Waals surface area contributed by atoms with Gasteiger partial charge in [-0.15, -0.1) is 0 Å². The Hall–Kier alpha value is -1.59. The molecule has 0 radical (unpaired) electrons. The molecule has 1 aliphatic carbocycles. The van der Waals surface area contributed by atoms with E-state index in [1.54, 1.807) is 4.90 Å². The fourth-order valence-electron chi connectivity index (χ4n) is 3.21. The Bertz CT molecular complexity index is 422. The van der Waals surface area contributed by atoms with Gasteiger partial charge in [-0.1, -0.05) is 19.3 Å². The summed E-state index contributed by atoms with van der Waals surface area (Å²) in [7, 11) is 0. The van der Waals surface area contributed by atoms with Gasteiger partial charge in [0.05, 0.1) is 0 Å². The van der Waals surface area contributed by atoms with E-state index >= 15 is 0 Å². The van der Waals surface area contributed by atoms with Gasteiger partial charge in [0.15, 0.2) is 0 Å². The molecule has 1 aliphatic heterocycles. The van der Waals surface area contributed by atoms with E-state index in [0.29, 0.717) is 26.2 Å². The van der Waals surface area contributed by atoms with Crippen LogP contribution in [-0.2, 0) is 14.4 Å². The summed E-state index contributed by atoms with van der Waals surface area (Å²) in [6.07, 6.45) is 5.51. The molecule has 3 amide bonds. The van der Waals surface area contributed by atoms with Crippen molar-refractivity contribution in [3.8, 4) is 0 Å². The molecular formula is C16H27N3O3. The van der Waals surface area contributed by atoms with Crippen LogP contribution in [0.4, 0.5) is 0 Å². The van der Waals surface area contributed by atoms with Gasteiger partial charge < -0.3 is 15.1 Å². The molecule has 0 aromatic rings. The van der Waals surface area contributed by atoms with Crippen molar-refractivity contribution >= 4 is 17.7 Å².